The van der Waals surface area contributed by atoms with Gasteiger partial charge in [-0.2, -0.15) is 5.48 Å². The van der Waals surface area contributed by atoms with Crippen molar-refractivity contribution in [2.75, 3.05) is 6.61 Å². The first-order valence-corrected chi connectivity index (χ1v) is 4.79. The number of halogens is 1. The lowest BCUT2D eigenvalue weighted by Crippen LogP contribution is -2.11. The van der Waals surface area contributed by atoms with Crippen molar-refractivity contribution in [2.45, 2.75) is 12.5 Å². The Balaban J connectivity index is 2.26. The number of nitrogens with one attached hydrogen (secondary N) is 1. The second kappa shape index (κ2) is 3.56. The third-order valence-electron chi connectivity index (χ3n) is 2.01. The molecule has 3 heteroatoms. The van der Waals surface area contributed by atoms with Gasteiger partial charge < -0.3 is 4.84 Å². The first kappa shape index (κ1) is 8.23. The molecule has 1 fully saturated rings. The van der Waals surface area contributed by atoms with Crippen LogP contribution in [-0.4, -0.2) is 6.61 Å². The van der Waals surface area contributed by atoms with Crippen molar-refractivity contribution in [3.8, 4) is 0 Å². The summed E-state index contributed by atoms with van der Waals surface area (Å²) in [6, 6.07) is 8.57. The molecule has 1 atom stereocenters. The molecule has 1 aromatic carbocycles. The highest BCUT2D eigenvalue weighted by molar-refractivity contribution is 9.10. The SMILES string of the molecule is Brc1ccccc1C1CCON1. The summed E-state index contributed by atoms with van der Waals surface area (Å²) in [4.78, 5) is 5.10. The van der Waals surface area contributed by atoms with E-state index in [0.717, 1.165) is 17.5 Å². The zero-order valence-electron chi connectivity index (χ0n) is 6.59. The molecule has 1 N–H and O–H groups in total. The molecule has 1 aliphatic heterocycles. The number of rotatable bonds is 1. The Morgan fingerprint density at radius 2 is 2.25 bits per heavy atom. The Kier molecular flexibility index (Phi) is 2.44. The zero-order valence-corrected chi connectivity index (χ0v) is 8.17. The summed E-state index contributed by atoms with van der Waals surface area (Å²) < 4.78 is 1.15. The van der Waals surface area contributed by atoms with Crippen molar-refractivity contribution in [3.05, 3.63) is 34.3 Å². The van der Waals surface area contributed by atoms with Crippen molar-refractivity contribution in [2.24, 2.45) is 0 Å². The van der Waals surface area contributed by atoms with Crippen LogP contribution in [0.25, 0.3) is 0 Å². The fourth-order valence-electron chi connectivity index (χ4n) is 1.37. The van der Waals surface area contributed by atoms with Crippen LogP contribution < -0.4 is 5.48 Å². The topological polar surface area (TPSA) is 21.3 Å². The minimum Gasteiger partial charge on any atom is -0.301 e. The third-order valence-corrected chi connectivity index (χ3v) is 2.74. The summed E-state index contributed by atoms with van der Waals surface area (Å²) >= 11 is 3.51. The summed E-state index contributed by atoms with van der Waals surface area (Å²) in [6.07, 6.45) is 1.04. The fourth-order valence-corrected chi connectivity index (χ4v) is 1.93. The van der Waals surface area contributed by atoms with Crippen molar-refractivity contribution in [3.63, 3.8) is 0 Å². The lowest BCUT2D eigenvalue weighted by atomic mass is 10.1. The summed E-state index contributed by atoms with van der Waals surface area (Å²) in [5, 5.41) is 0. The molecule has 64 valence electrons. The first-order valence-electron chi connectivity index (χ1n) is 3.99. The summed E-state index contributed by atoms with van der Waals surface area (Å²) in [7, 11) is 0. The Morgan fingerprint density at radius 1 is 1.42 bits per heavy atom. The van der Waals surface area contributed by atoms with Crippen molar-refractivity contribution >= 4 is 15.9 Å². The van der Waals surface area contributed by atoms with Gasteiger partial charge in [-0.25, -0.2) is 0 Å². The van der Waals surface area contributed by atoms with Crippen LogP contribution >= 0.6 is 15.9 Å². The summed E-state index contributed by atoms with van der Waals surface area (Å²) in [5.74, 6) is 0. The average molecular weight is 228 g/mol. The van der Waals surface area contributed by atoms with E-state index in [1.54, 1.807) is 0 Å². The number of hydrogen-bond donors (Lipinski definition) is 1. The lowest BCUT2D eigenvalue weighted by Gasteiger charge is -2.09. The maximum atomic E-state index is 5.10. The van der Waals surface area contributed by atoms with Crippen molar-refractivity contribution < 1.29 is 4.84 Å². The smallest absolute Gasteiger partial charge is 0.0701 e. The lowest BCUT2D eigenvalue weighted by molar-refractivity contribution is 0.0882. The normalized spacial score (nSPS) is 22.9. The molecular formula is C9H10BrNO. The van der Waals surface area contributed by atoms with Gasteiger partial charge in [-0.05, 0) is 18.1 Å². The zero-order chi connectivity index (χ0) is 8.39. The minimum absolute atomic E-state index is 0.348. The molecule has 0 saturated carbocycles. The largest absolute Gasteiger partial charge is 0.301 e. The fraction of sp³-hybridized carbons (Fsp3) is 0.333. The highest BCUT2D eigenvalue weighted by atomic mass is 79.9. The van der Waals surface area contributed by atoms with Crippen LogP contribution in [0.1, 0.15) is 18.0 Å². The Hall–Kier alpha value is -0.380. The second-order valence-electron chi connectivity index (χ2n) is 2.83. The molecule has 2 rings (SSSR count). The van der Waals surface area contributed by atoms with Crippen LogP contribution in [0.4, 0.5) is 0 Å². The quantitative estimate of drug-likeness (QED) is 0.796. The van der Waals surface area contributed by atoms with E-state index in [1.165, 1.54) is 5.56 Å². The molecule has 0 aliphatic carbocycles. The van der Waals surface area contributed by atoms with Gasteiger partial charge in [0.15, 0.2) is 0 Å². The van der Waals surface area contributed by atoms with E-state index < -0.39 is 0 Å². The van der Waals surface area contributed by atoms with E-state index in [-0.39, 0.29) is 0 Å². The molecule has 1 aromatic rings. The Morgan fingerprint density at radius 3 is 2.92 bits per heavy atom. The van der Waals surface area contributed by atoms with Crippen LogP contribution in [0.15, 0.2) is 28.7 Å². The molecule has 0 radical (unpaired) electrons. The Labute approximate surface area is 80.0 Å². The van der Waals surface area contributed by atoms with Crippen molar-refractivity contribution in [1.82, 2.24) is 5.48 Å². The second-order valence-corrected chi connectivity index (χ2v) is 3.68. The molecule has 12 heavy (non-hydrogen) atoms. The van der Waals surface area contributed by atoms with Gasteiger partial charge >= 0.3 is 0 Å². The molecule has 0 aromatic heterocycles. The predicted molar refractivity (Wildman–Crippen MR) is 50.6 cm³/mol. The third kappa shape index (κ3) is 1.53. The molecule has 0 bridgehead atoms. The van der Waals surface area contributed by atoms with Gasteiger partial charge in [-0.1, -0.05) is 34.1 Å². The van der Waals surface area contributed by atoms with E-state index in [1.807, 2.05) is 12.1 Å². The Bertz CT molecular complexity index is 271. The molecule has 0 amide bonds. The van der Waals surface area contributed by atoms with Gasteiger partial charge in [0.25, 0.3) is 0 Å². The molecule has 1 unspecified atom stereocenters. The molecule has 2 nitrogen and oxygen atoms in total. The van der Waals surface area contributed by atoms with E-state index >= 15 is 0 Å². The van der Waals surface area contributed by atoms with E-state index in [4.69, 9.17) is 4.84 Å². The van der Waals surface area contributed by atoms with Gasteiger partial charge in [0.05, 0.1) is 12.6 Å². The molecule has 1 saturated heterocycles. The van der Waals surface area contributed by atoms with Gasteiger partial charge in [-0.15, -0.1) is 0 Å². The van der Waals surface area contributed by atoms with Gasteiger partial charge in [-0.3, -0.25) is 0 Å². The maximum absolute atomic E-state index is 5.10. The molecule has 1 aliphatic rings. The van der Waals surface area contributed by atoms with Gasteiger partial charge in [0.1, 0.15) is 0 Å². The van der Waals surface area contributed by atoms with Crippen LogP contribution in [-0.2, 0) is 4.84 Å². The van der Waals surface area contributed by atoms with Gasteiger partial charge in [0.2, 0.25) is 0 Å². The van der Waals surface area contributed by atoms with Crippen LogP contribution in [0.3, 0.4) is 0 Å². The molecule has 0 spiro atoms. The first-order chi connectivity index (χ1) is 5.88. The standard InChI is InChI=1S/C9H10BrNO/c10-8-4-2-1-3-7(8)9-5-6-12-11-9/h1-4,9,11H,5-6H2. The highest BCUT2D eigenvalue weighted by Crippen LogP contribution is 2.27. The van der Waals surface area contributed by atoms with Crippen molar-refractivity contribution in [1.29, 1.82) is 0 Å². The maximum Gasteiger partial charge on any atom is 0.0701 e. The van der Waals surface area contributed by atoms with Gasteiger partial charge in [0, 0.05) is 4.47 Å². The number of hydroxylamine groups is 1. The van der Waals surface area contributed by atoms with E-state index in [0.29, 0.717) is 6.04 Å². The summed E-state index contributed by atoms with van der Waals surface area (Å²) in [5.41, 5.74) is 4.26. The number of benzene rings is 1. The van der Waals surface area contributed by atoms with E-state index in [9.17, 15) is 0 Å². The summed E-state index contributed by atoms with van der Waals surface area (Å²) in [6.45, 7) is 0.798. The van der Waals surface area contributed by atoms with Crippen LogP contribution in [0, 0.1) is 0 Å². The monoisotopic (exact) mass is 227 g/mol. The van der Waals surface area contributed by atoms with Crippen LogP contribution in [0.2, 0.25) is 0 Å². The molecule has 1 heterocycles. The minimum atomic E-state index is 0.348. The average Bonchev–Trinajstić information content (AvgIpc) is 2.57. The predicted octanol–water partition coefficient (Wildman–Crippen LogP) is 2.42. The van der Waals surface area contributed by atoms with E-state index in [2.05, 4.69) is 33.5 Å². The molecular weight excluding hydrogens is 218 g/mol. The highest BCUT2D eigenvalue weighted by Gasteiger charge is 2.18. The number of hydrogen-bond acceptors (Lipinski definition) is 2. The van der Waals surface area contributed by atoms with Crippen LogP contribution in [0.5, 0.6) is 0 Å².